The lowest BCUT2D eigenvalue weighted by atomic mass is 9.93. The molecule has 1 atom stereocenters. The first-order valence-corrected chi connectivity index (χ1v) is 17.7. The van der Waals surface area contributed by atoms with Crippen molar-refractivity contribution in [3.8, 4) is 5.75 Å². The molecule has 0 fully saturated rings. The first-order chi connectivity index (χ1) is 23.3. The quantitative estimate of drug-likeness (QED) is 0.0662. The van der Waals surface area contributed by atoms with E-state index < -0.39 is 16.9 Å². The van der Waals surface area contributed by atoms with Crippen molar-refractivity contribution >= 4 is 62.5 Å². The van der Waals surface area contributed by atoms with Gasteiger partial charge in [0.2, 0.25) is 0 Å². The lowest BCUT2D eigenvalue weighted by Crippen LogP contribution is -2.40. The van der Waals surface area contributed by atoms with E-state index in [1.54, 1.807) is 47.5 Å². The van der Waals surface area contributed by atoms with Crippen LogP contribution in [0.2, 0.25) is 0 Å². The SMILES string of the molecule is CCOC(=O)C1=C(c2ccccc2)N=c2s/c(=C\c3ccc(OCc4ccc([N+](=O)[O-])cc4)c(Br)c3)c(=O)n2[C@H]1c1ccc(SC)cc1. The molecule has 0 saturated carbocycles. The van der Waals surface area contributed by atoms with Gasteiger partial charge in [0.05, 0.1) is 37.8 Å². The number of nitrogens with zero attached hydrogens (tertiary/aromatic N) is 3. The maximum absolute atomic E-state index is 14.2. The summed E-state index contributed by atoms with van der Waals surface area (Å²) in [6, 6.07) is 28.2. The lowest BCUT2D eigenvalue weighted by Gasteiger charge is -2.26. The molecule has 0 bridgehead atoms. The zero-order valence-corrected chi connectivity index (χ0v) is 29.0. The number of nitro groups is 1. The molecule has 1 aromatic heterocycles. The Morgan fingerprint density at radius 3 is 2.44 bits per heavy atom. The predicted octanol–water partition coefficient (Wildman–Crippen LogP) is 6.91. The van der Waals surface area contributed by atoms with Crippen molar-refractivity contribution in [2.45, 2.75) is 24.5 Å². The van der Waals surface area contributed by atoms with Crippen LogP contribution in [0.3, 0.4) is 0 Å². The lowest BCUT2D eigenvalue weighted by molar-refractivity contribution is -0.384. The minimum Gasteiger partial charge on any atom is -0.488 e. The van der Waals surface area contributed by atoms with Crippen LogP contribution < -0.4 is 19.6 Å². The van der Waals surface area contributed by atoms with E-state index in [0.29, 0.717) is 30.8 Å². The summed E-state index contributed by atoms with van der Waals surface area (Å²) in [6.07, 6.45) is 3.78. The molecule has 242 valence electrons. The Balaban J connectivity index is 1.41. The van der Waals surface area contributed by atoms with Crippen molar-refractivity contribution < 1.29 is 19.2 Å². The molecule has 0 radical (unpaired) electrons. The van der Waals surface area contributed by atoms with Crippen LogP contribution >= 0.6 is 39.0 Å². The molecular formula is C36H28BrN3O6S2. The maximum Gasteiger partial charge on any atom is 0.338 e. The monoisotopic (exact) mass is 741 g/mol. The Hall–Kier alpha value is -4.78. The zero-order chi connectivity index (χ0) is 33.8. The number of thiazole rings is 1. The van der Waals surface area contributed by atoms with Crippen LogP contribution in [0.5, 0.6) is 5.75 Å². The summed E-state index contributed by atoms with van der Waals surface area (Å²) in [5.41, 5.74) is 3.57. The molecule has 48 heavy (non-hydrogen) atoms. The van der Waals surface area contributed by atoms with Gasteiger partial charge in [-0.15, -0.1) is 11.8 Å². The summed E-state index contributed by atoms with van der Waals surface area (Å²) in [5, 5.41) is 10.9. The zero-order valence-electron chi connectivity index (χ0n) is 25.8. The van der Waals surface area contributed by atoms with Crippen molar-refractivity contribution in [1.82, 2.24) is 4.57 Å². The summed E-state index contributed by atoms with van der Waals surface area (Å²) < 4.78 is 14.2. The minimum absolute atomic E-state index is 0.0165. The largest absolute Gasteiger partial charge is 0.488 e. The first kappa shape index (κ1) is 33.1. The van der Waals surface area contributed by atoms with Crippen LogP contribution in [0.4, 0.5) is 5.69 Å². The number of rotatable bonds is 10. The fourth-order valence-electron chi connectivity index (χ4n) is 5.29. The van der Waals surface area contributed by atoms with Gasteiger partial charge in [-0.2, -0.15) is 0 Å². The van der Waals surface area contributed by atoms with Gasteiger partial charge < -0.3 is 9.47 Å². The van der Waals surface area contributed by atoms with Crippen molar-refractivity contribution in [3.63, 3.8) is 0 Å². The van der Waals surface area contributed by atoms with Crippen molar-refractivity contribution in [1.29, 1.82) is 0 Å². The molecule has 0 amide bonds. The summed E-state index contributed by atoms with van der Waals surface area (Å²) in [6.45, 7) is 2.15. The Labute approximate surface area is 292 Å². The molecule has 0 saturated heterocycles. The number of nitro benzene ring substituents is 1. The number of carbonyl (C=O) groups is 1. The normalized spacial score (nSPS) is 14.3. The molecule has 1 aliphatic heterocycles. The van der Waals surface area contributed by atoms with Crippen LogP contribution in [-0.2, 0) is 16.1 Å². The Morgan fingerprint density at radius 1 is 1.06 bits per heavy atom. The highest BCUT2D eigenvalue weighted by Gasteiger charge is 2.35. The van der Waals surface area contributed by atoms with Crippen molar-refractivity contribution in [2.75, 3.05) is 12.9 Å². The van der Waals surface area contributed by atoms with Crippen LogP contribution in [-0.4, -0.2) is 28.3 Å². The molecule has 0 unspecified atom stereocenters. The molecule has 0 spiro atoms. The highest BCUT2D eigenvalue weighted by Crippen LogP contribution is 2.36. The number of hydrogen-bond donors (Lipinski definition) is 0. The van der Waals surface area contributed by atoms with Gasteiger partial charge in [0.15, 0.2) is 4.80 Å². The van der Waals surface area contributed by atoms with Crippen LogP contribution in [0.25, 0.3) is 11.8 Å². The third-order valence-electron chi connectivity index (χ3n) is 7.60. The molecule has 4 aromatic carbocycles. The number of hydrogen-bond acceptors (Lipinski definition) is 9. The number of esters is 1. The van der Waals surface area contributed by atoms with Crippen molar-refractivity contribution in [3.05, 3.63) is 159 Å². The smallest absolute Gasteiger partial charge is 0.338 e. The number of carbonyl (C=O) groups excluding carboxylic acids is 1. The number of aromatic nitrogens is 1. The number of ether oxygens (including phenoxy) is 2. The van der Waals surface area contributed by atoms with Gasteiger partial charge in [0.1, 0.15) is 12.4 Å². The van der Waals surface area contributed by atoms with Crippen LogP contribution in [0.15, 0.2) is 122 Å². The Kier molecular flexibility index (Phi) is 10.0. The fraction of sp³-hybridized carbons (Fsp3) is 0.139. The highest BCUT2D eigenvalue weighted by molar-refractivity contribution is 9.10. The first-order valence-electron chi connectivity index (χ1n) is 14.9. The molecule has 0 N–H and O–H groups in total. The Bertz CT molecular complexity index is 2210. The van der Waals surface area contributed by atoms with Gasteiger partial charge in [-0.3, -0.25) is 19.5 Å². The molecule has 5 aromatic rings. The van der Waals surface area contributed by atoms with E-state index in [1.165, 1.54) is 23.5 Å². The molecule has 0 aliphatic carbocycles. The minimum atomic E-state index is -0.754. The maximum atomic E-state index is 14.2. The molecular weight excluding hydrogens is 714 g/mol. The number of halogens is 1. The van der Waals surface area contributed by atoms with Gasteiger partial charge in [0.25, 0.3) is 11.2 Å². The second kappa shape index (κ2) is 14.5. The van der Waals surface area contributed by atoms with Crippen molar-refractivity contribution in [2.24, 2.45) is 4.99 Å². The van der Waals surface area contributed by atoms with Crippen LogP contribution in [0.1, 0.15) is 35.2 Å². The average Bonchev–Trinajstić information content (AvgIpc) is 3.41. The predicted molar refractivity (Wildman–Crippen MR) is 191 cm³/mol. The number of benzene rings is 4. The van der Waals surface area contributed by atoms with E-state index in [0.717, 1.165) is 27.1 Å². The van der Waals surface area contributed by atoms with E-state index in [1.807, 2.05) is 73.0 Å². The van der Waals surface area contributed by atoms with Gasteiger partial charge in [-0.1, -0.05) is 59.9 Å². The third kappa shape index (κ3) is 6.91. The topological polar surface area (TPSA) is 113 Å². The summed E-state index contributed by atoms with van der Waals surface area (Å²) >= 11 is 6.43. The molecule has 12 heteroatoms. The van der Waals surface area contributed by atoms with E-state index in [4.69, 9.17) is 14.5 Å². The molecule has 1 aliphatic rings. The number of thioether (sulfide) groups is 1. The van der Waals surface area contributed by atoms with Gasteiger partial charge in [-0.25, -0.2) is 9.79 Å². The van der Waals surface area contributed by atoms with Gasteiger partial charge in [0, 0.05) is 22.6 Å². The van der Waals surface area contributed by atoms with Crippen LogP contribution in [0, 0.1) is 10.1 Å². The summed E-state index contributed by atoms with van der Waals surface area (Å²) in [7, 11) is 0. The second-order valence-electron chi connectivity index (χ2n) is 10.6. The second-order valence-corrected chi connectivity index (χ2v) is 13.3. The molecule has 9 nitrogen and oxygen atoms in total. The fourth-order valence-corrected chi connectivity index (χ4v) is 7.21. The third-order valence-corrected chi connectivity index (χ3v) is 9.95. The standard InChI is InChI=1S/C36H28BrN3O6S2/c1-3-45-35(42)31-32(24-7-5-4-6-8-24)38-36-39(33(31)25-12-16-27(47-2)17-13-25)34(41)30(48-36)20-23-11-18-29(28(37)19-23)46-21-22-9-14-26(15-10-22)40(43)44/h4-20,33H,3,21H2,1-2H3/b30-20-/t33-/m0/s1. The van der Waals surface area contributed by atoms with E-state index in [-0.39, 0.29) is 24.5 Å². The highest BCUT2D eigenvalue weighted by atomic mass is 79.9. The molecule has 2 heterocycles. The number of fused-ring (bicyclic) bond motifs is 1. The van der Waals surface area contributed by atoms with Gasteiger partial charge >= 0.3 is 5.97 Å². The van der Waals surface area contributed by atoms with E-state index >= 15 is 0 Å². The van der Waals surface area contributed by atoms with E-state index in [2.05, 4.69) is 15.9 Å². The number of non-ortho nitro benzene ring substituents is 1. The van der Waals surface area contributed by atoms with Gasteiger partial charge in [-0.05, 0) is 88.3 Å². The summed E-state index contributed by atoms with van der Waals surface area (Å²) in [4.78, 5) is 44.8. The molecule has 6 rings (SSSR count). The average molecular weight is 743 g/mol. The van der Waals surface area contributed by atoms with E-state index in [9.17, 15) is 19.7 Å². The summed E-state index contributed by atoms with van der Waals surface area (Å²) in [5.74, 6) is 0.0498. The Morgan fingerprint density at radius 2 is 1.79 bits per heavy atom.